The van der Waals surface area contributed by atoms with Crippen LogP contribution < -0.4 is 0 Å². The van der Waals surface area contributed by atoms with Crippen molar-refractivity contribution in [2.75, 3.05) is 13.2 Å². The summed E-state index contributed by atoms with van der Waals surface area (Å²) in [5, 5.41) is 0.170. The zero-order valence-corrected chi connectivity index (χ0v) is 17.0. The molecule has 1 heterocycles. The molecule has 0 aromatic rings. The molecule has 0 bridgehead atoms. The second-order valence-electron chi connectivity index (χ2n) is 7.88. The summed E-state index contributed by atoms with van der Waals surface area (Å²) >= 11 is 0. The normalized spacial score (nSPS) is 18.0. The summed E-state index contributed by atoms with van der Waals surface area (Å²) in [5.74, 6) is -0.0480. The number of hydrogen-bond donors (Lipinski definition) is 0. The van der Waals surface area contributed by atoms with Gasteiger partial charge < -0.3 is 9.16 Å². The molecule has 1 atom stereocenters. The fourth-order valence-corrected chi connectivity index (χ4v) is 2.61. The maximum Gasteiger partial charge on any atom is 0.416 e. The summed E-state index contributed by atoms with van der Waals surface area (Å²) < 4.78 is 10.9. The highest BCUT2D eigenvalue weighted by Gasteiger charge is 2.38. The third-order valence-electron chi connectivity index (χ3n) is 4.90. The zero-order chi connectivity index (χ0) is 18.5. The lowest BCUT2D eigenvalue weighted by Gasteiger charge is -2.35. The summed E-state index contributed by atoms with van der Waals surface area (Å²) in [5.41, 5.74) is 1.15. The van der Waals surface area contributed by atoms with Crippen LogP contribution in [-0.4, -0.2) is 38.4 Å². The van der Waals surface area contributed by atoms with Gasteiger partial charge in [-0.15, -0.1) is 0 Å². The van der Waals surface area contributed by atoms with Crippen LogP contribution >= 0.6 is 0 Å². The molecule has 0 aliphatic carbocycles. The first kappa shape index (κ1) is 20.5. The Morgan fingerprint density at radius 3 is 2.54 bits per heavy atom. The van der Waals surface area contributed by atoms with Crippen molar-refractivity contribution in [2.45, 2.75) is 59.2 Å². The molecule has 2 amide bonds. The van der Waals surface area contributed by atoms with E-state index in [1.807, 2.05) is 19.3 Å². The van der Waals surface area contributed by atoms with Crippen molar-refractivity contribution in [2.24, 2.45) is 5.92 Å². The third-order valence-corrected chi connectivity index (χ3v) is 9.22. The van der Waals surface area contributed by atoms with Crippen LogP contribution in [0.1, 0.15) is 41.0 Å². The number of rotatable bonds is 6. The van der Waals surface area contributed by atoms with Gasteiger partial charge in [-0.05, 0) is 49.0 Å². The van der Waals surface area contributed by atoms with Gasteiger partial charge in [0.05, 0.1) is 12.8 Å². The second-order valence-corrected chi connectivity index (χ2v) is 12.6. The van der Waals surface area contributed by atoms with E-state index in [9.17, 15) is 9.59 Å². The van der Waals surface area contributed by atoms with Crippen molar-refractivity contribution in [1.82, 2.24) is 4.90 Å². The average molecular weight is 354 g/mol. The van der Waals surface area contributed by atoms with Gasteiger partial charge in [0, 0.05) is 0 Å². The predicted octanol–water partition coefficient (Wildman–Crippen LogP) is 4.47. The van der Waals surface area contributed by atoms with Gasteiger partial charge in [0.1, 0.15) is 6.61 Å². The number of nitrogens with zero attached hydrogens (tertiary/aromatic N) is 1. The number of cyclic esters (lactones) is 1. The Morgan fingerprint density at radius 1 is 1.42 bits per heavy atom. The first-order chi connectivity index (χ1) is 11.0. The standard InChI is InChI=1S/C18H31NO4Si/c1-14(15(2)13-23-24(6,7)18(3,4)5)9-8-10-16(20)19-11-12-22-17(19)21/h8,10,13-14H,9,11-12H2,1-7H3/b10-8+,15-13+/t14-/m1/s1. The topological polar surface area (TPSA) is 55.8 Å². The minimum atomic E-state index is -1.79. The highest BCUT2D eigenvalue weighted by atomic mass is 28.4. The largest absolute Gasteiger partial charge is 0.549 e. The van der Waals surface area contributed by atoms with Crippen molar-refractivity contribution < 1.29 is 18.8 Å². The van der Waals surface area contributed by atoms with Crippen LogP contribution in [0, 0.1) is 5.92 Å². The maximum atomic E-state index is 11.9. The maximum absolute atomic E-state index is 11.9. The molecule has 0 radical (unpaired) electrons. The molecule has 6 heteroatoms. The number of carbonyl (C=O) groups excluding carboxylic acids is 2. The molecule has 24 heavy (non-hydrogen) atoms. The Hall–Kier alpha value is -1.56. The van der Waals surface area contributed by atoms with Gasteiger partial charge in [0.25, 0.3) is 5.91 Å². The minimum Gasteiger partial charge on any atom is -0.549 e. The zero-order valence-electron chi connectivity index (χ0n) is 16.0. The van der Waals surface area contributed by atoms with Crippen LogP contribution in [0.3, 0.4) is 0 Å². The SMILES string of the molecule is C/C(=C\O[Si](C)(C)C(C)(C)C)[C@H](C)C/C=C/C(=O)N1CCOC1=O. The van der Waals surface area contributed by atoms with E-state index in [1.165, 1.54) is 6.08 Å². The monoisotopic (exact) mass is 353 g/mol. The summed E-state index contributed by atoms with van der Waals surface area (Å²) in [6.45, 7) is 15.8. The smallest absolute Gasteiger partial charge is 0.416 e. The lowest BCUT2D eigenvalue weighted by atomic mass is 10.00. The average Bonchev–Trinajstić information content (AvgIpc) is 2.89. The van der Waals surface area contributed by atoms with Gasteiger partial charge in [-0.2, -0.15) is 0 Å². The van der Waals surface area contributed by atoms with Gasteiger partial charge >= 0.3 is 6.09 Å². The molecule has 0 spiro atoms. The van der Waals surface area contributed by atoms with Crippen molar-refractivity contribution in [3.8, 4) is 0 Å². The summed E-state index contributed by atoms with van der Waals surface area (Å²) in [6.07, 6.45) is 5.30. The van der Waals surface area contributed by atoms with E-state index in [2.05, 4.69) is 40.8 Å². The lowest BCUT2D eigenvalue weighted by molar-refractivity contribution is -0.122. The Labute approximate surface area is 146 Å². The molecule has 0 unspecified atom stereocenters. The fraction of sp³-hybridized carbons (Fsp3) is 0.667. The van der Waals surface area contributed by atoms with Crippen LogP contribution in [-0.2, 0) is 14.0 Å². The number of hydrogen-bond acceptors (Lipinski definition) is 4. The van der Waals surface area contributed by atoms with Crippen LogP contribution in [0.5, 0.6) is 0 Å². The summed E-state index contributed by atoms with van der Waals surface area (Å²) in [7, 11) is -1.79. The molecule has 1 aliphatic rings. The number of imide groups is 1. The molecule has 136 valence electrons. The van der Waals surface area contributed by atoms with Gasteiger partial charge in [-0.3, -0.25) is 4.79 Å². The Bertz CT molecular complexity index is 532. The van der Waals surface area contributed by atoms with Crippen LogP contribution in [0.15, 0.2) is 24.0 Å². The Kier molecular flexibility index (Phi) is 6.83. The second kappa shape index (κ2) is 8.01. The molecular weight excluding hydrogens is 322 g/mol. The van der Waals surface area contributed by atoms with Crippen molar-refractivity contribution in [1.29, 1.82) is 0 Å². The van der Waals surface area contributed by atoms with E-state index in [4.69, 9.17) is 9.16 Å². The molecule has 0 saturated carbocycles. The molecule has 1 saturated heterocycles. The number of ether oxygens (including phenoxy) is 1. The quantitative estimate of drug-likeness (QED) is 0.401. The molecule has 0 aromatic carbocycles. The molecule has 1 fully saturated rings. The van der Waals surface area contributed by atoms with Gasteiger partial charge in [-0.1, -0.05) is 33.8 Å². The highest BCUT2D eigenvalue weighted by molar-refractivity contribution is 6.74. The first-order valence-electron chi connectivity index (χ1n) is 8.45. The van der Waals surface area contributed by atoms with Crippen molar-refractivity contribution in [3.63, 3.8) is 0 Å². The van der Waals surface area contributed by atoms with E-state index in [0.717, 1.165) is 16.9 Å². The van der Waals surface area contributed by atoms with Gasteiger partial charge in [0.2, 0.25) is 8.32 Å². The van der Waals surface area contributed by atoms with Gasteiger partial charge in [-0.25, -0.2) is 9.69 Å². The lowest BCUT2D eigenvalue weighted by Crippen LogP contribution is -2.39. The Morgan fingerprint density at radius 2 is 2.04 bits per heavy atom. The van der Waals surface area contributed by atoms with E-state index < -0.39 is 14.4 Å². The van der Waals surface area contributed by atoms with E-state index in [1.54, 1.807) is 0 Å². The van der Waals surface area contributed by atoms with E-state index in [0.29, 0.717) is 6.54 Å². The predicted molar refractivity (Wildman–Crippen MR) is 98.0 cm³/mol. The molecule has 0 aromatic heterocycles. The van der Waals surface area contributed by atoms with E-state index >= 15 is 0 Å². The highest BCUT2D eigenvalue weighted by Crippen LogP contribution is 2.37. The number of carbonyl (C=O) groups is 2. The molecule has 1 aliphatic heterocycles. The molecule has 5 nitrogen and oxygen atoms in total. The third kappa shape index (κ3) is 5.51. The molecule has 0 N–H and O–H groups in total. The Balaban J connectivity index is 2.53. The van der Waals surface area contributed by atoms with Gasteiger partial charge in [0.15, 0.2) is 0 Å². The number of amides is 2. The summed E-state index contributed by atoms with van der Waals surface area (Å²) in [4.78, 5) is 24.3. The molecular formula is C18H31NO4Si. The minimum absolute atomic E-state index is 0.170. The van der Waals surface area contributed by atoms with Crippen molar-refractivity contribution >= 4 is 20.3 Å². The fourth-order valence-electron chi connectivity index (χ4n) is 1.78. The molecule has 1 rings (SSSR count). The van der Waals surface area contributed by atoms with Crippen LogP contribution in [0.2, 0.25) is 18.1 Å². The van der Waals surface area contributed by atoms with Crippen LogP contribution in [0.25, 0.3) is 0 Å². The summed E-state index contributed by atoms with van der Waals surface area (Å²) in [6, 6.07) is 0. The first-order valence-corrected chi connectivity index (χ1v) is 11.4. The van der Waals surface area contributed by atoms with E-state index in [-0.39, 0.29) is 23.5 Å². The van der Waals surface area contributed by atoms with Crippen molar-refractivity contribution in [3.05, 3.63) is 24.0 Å². The number of allylic oxidation sites excluding steroid dienone is 2. The van der Waals surface area contributed by atoms with Crippen LogP contribution in [0.4, 0.5) is 4.79 Å².